The maximum absolute atomic E-state index is 5.93. The van der Waals surface area contributed by atoms with E-state index in [0.717, 1.165) is 36.9 Å². The molecule has 1 aliphatic rings. The Bertz CT molecular complexity index is 329. The molecule has 0 saturated carbocycles. The second kappa shape index (κ2) is 4.92. The predicted octanol–water partition coefficient (Wildman–Crippen LogP) is 1.53. The number of hydrogen-bond acceptors (Lipinski definition) is 3. The Labute approximate surface area is 95.4 Å². The average Bonchev–Trinajstić information content (AvgIpc) is 2.22. The first-order valence-corrected chi connectivity index (χ1v) is 5.69. The van der Waals surface area contributed by atoms with Gasteiger partial charge in [0, 0.05) is 43.4 Å². The van der Waals surface area contributed by atoms with Crippen LogP contribution in [0.25, 0.3) is 0 Å². The maximum atomic E-state index is 5.93. The van der Waals surface area contributed by atoms with E-state index >= 15 is 0 Å². The molecular formula is C11H16ClN3. The molecule has 1 aromatic heterocycles. The maximum Gasteiger partial charge on any atom is 0.0558 e. The number of aromatic nitrogens is 1. The van der Waals surface area contributed by atoms with Crippen LogP contribution in [0.1, 0.15) is 12.6 Å². The summed E-state index contributed by atoms with van der Waals surface area (Å²) in [5.41, 5.74) is 1.05. The highest BCUT2D eigenvalue weighted by Gasteiger charge is 2.17. The highest BCUT2D eigenvalue weighted by molar-refractivity contribution is 6.30. The van der Waals surface area contributed by atoms with Crippen LogP contribution in [0.5, 0.6) is 0 Å². The van der Waals surface area contributed by atoms with Gasteiger partial charge >= 0.3 is 0 Å². The molecule has 0 aliphatic carbocycles. The molecule has 0 radical (unpaired) electrons. The van der Waals surface area contributed by atoms with Gasteiger partial charge in [0.1, 0.15) is 0 Å². The molecule has 1 aliphatic heterocycles. The lowest BCUT2D eigenvalue weighted by atomic mass is 10.2. The summed E-state index contributed by atoms with van der Waals surface area (Å²) < 4.78 is 0. The Morgan fingerprint density at radius 1 is 1.67 bits per heavy atom. The predicted molar refractivity (Wildman–Crippen MR) is 62.0 cm³/mol. The second-order valence-corrected chi connectivity index (χ2v) is 4.43. The van der Waals surface area contributed by atoms with Crippen molar-refractivity contribution in [3.63, 3.8) is 0 Å². The molecule has 0 aromatic carbocycles. The number of piperazine rings is 1. The fourth-order valence-corrected chi connectivity index (χ4v) is 2.04. The van der Waals surface area contributed by atoms with E-state index in [-0.39, 0.29) is 0 Å². The lowest BCUT2D eigenvalue weighted by Gasteiger charge is -2.33. The van der Waals surface area contributed by atoms with Crippen LogP contribution in [0.2, 0.25) is 5.02 Å². The van der Waals surface area contributed by atoms with Gasteiger partial charge in [-0.2, -0.15) is 0 Å². The molecule has 0 bridgehead atoms. The number of hydrogen-bond donors (Lipinski definition) is 1. The second-order valence-electron chi connectivity index (χ2n) is 3.99. The zero-order valence-corrected chi connectivity index (χ0v) is 9.67. The number of rotatable bonds is 2. The van der Waals surface area contributed by atoms with E-state index in [1.807, 2.05) is 12.1 Å². The molecule has 0 amide bonds. The molecule has 1 N–H and O–H groups in total. The third-order valence-electron chi connectivity index (χ3n) is 2.78. The molecule has 15 heavy (non-hydrogen) atoms. The minimum Gasteiger partial charge on any atom is -0.314 e. The van der Waals surface area contributed by atoms with Crippen LogP contribution >= 0.6 is 11.6 Å². The van der Waals surface area contributed by atoms with Gasteiger partial charge in [0.2, 0.25) is 0 Å². The van der Waals surface area contributed by atoms with Crippen molar-refractivity contribution in [2.75, 3.05) is 19.6 Å². The summed E-state index contributed by atoms with van der Waals surface area (Å²) in [6.07, 6.45) is 1.77. The highest BCUT2D eigenvalue weighted by atomic mass is 35.5. The minimum absolute atomic E-state index is 0.569. The summed E-state index contributed by atoms with van der Waals surface area (Å²) in [5, 5.41) is 4.14. The first-order chi connectivity index (χ1) is 7.25. The summed E-state index contributed by atoms with van der Waals surface area (Å²) in [6.45, 7) is 6.32. The molecule has 1 unspecified atom stereocenters. The summed E-state index contributed by atoms with van der Waals surface area (Å²) in [7, 11) is 0. The molecule has 4 heteroatoms. The van der Waals surface area contributed by atoms with Gasteiger partial charge in [-0.05, 0) is 19.1 Å². The molecule has 2 heterocycles. The van der Waals surface area contributed by atoms with Gasteiger partial charge in [-0.15, -0.1) is 0 Å². The Morgan fingerprint density at radius 2 is 2.53 bits per heavy atom. The average molecular weight is 226 g/mol. The van der Waals surface area contributed by atoms with Gasteiger partial charge < -0.3 is 5.32 Å². The molecular weight excluding hydrogens is 210 g/mol. The third-order valence-corrected chi connectivity index (χ3v) is 3.02. The van der Waals surface area contributed by atoms with Crippen LogP contribution in [0, 0.1) is 0 Å². The van der Waals surface area contributed by atoms with Crippen molar-refractivity contribution in [2.45, 2.75) is 19.5 Å². The quantitative estimate of drug-likeness (QED) is 0.828. The number of nitrogens with zero attached hydrogens (tertiary/aromatic N) is 2. The highest BCUT2D eigenvalue weighted by Crippen LogP contribution is 2.12. The van der Waals surface area contributed by atoms with E-state index in [1.54, 1.807) is 6.20 Å². The molecule has 1 atom stereocenters. The van der Waals surface area contributed by atoms with Crippen molar-refractivity contribution in [3.05, 3.63) is 29.0 Å². The number of nitrogens with one attached hydrogen (secondary N) is 1. The van der Waals surface area contributed by atoms with Crippen molar-refractivity contribution in [1.29, 1.82) is 0 Å². The number of pyridine rings is 1. The lowest BCUT2D eigenvalue weighted by Crippen LogP contribution is -2.49. The number of halogens is 1. The molecule has 1 aromatic rings. The van der Waals surface area contributed by atoms with Crippen LogP contribution in [-0.4, -0.2) is 35.6 Å². The Kier molecular flexibility index (Phi) is 3.57. The van der Waals surface area contributed by atoms with Crippen molar-refractivity contribution in [1.82, 2.24) is 15.2 Å². The van der Waals surface area contributed by atoms with Gasteiger partial charge in [0.15, 0.2) is 0 Å². The lowest BCUT2D eigenvalue weighted by molar-refractivity contribution is 0.164. The zero-order valence-electron chi connectivity index (χ0n) is 8.91. The molecule has 82 valence electrons. The normalized spacial score (nSPS) is 22.9. The van der Waals surface area contributed by atoms with E-state index in [0.29, 0.717) is 6.04 Å². The van der Waals surface area contributed by atoms with Crippen LogP contribution in [0.4, 0.5) is 0 Å². The Hall–Kier alpha value is -0.640. The van der Waals surface area contributed by atoms with Gasteiger partial charge in [0.25, 0.3) is 0 Å². The molecule has 1 saturated heterocycles. The smallest absolute Gasteiger partial charge is 0.0558 e. The molecule has 1 fully saturated rings. The van der Waals surface area contributed by atoms with Crippen LogP contribution < -0.4 is 5.32 Å². The van der Waals surface area contributed by atoms with E-state index < -0.39 is 0 Å². The van der Waals surface area contributed by atoms with Gasteiger partial charge in [-0.1, -0.05) is 11.6 Å². The van der Waals surface area contributed by atoms with E-state index in [2.05, 4.69) is 22.1 Å². The van der Waals surface area contributed by atoms with E-state index in [9.17, 15) is 0 Å². The summed E-state index contributed by atoms with van der Waals surface area (Å²) in [4.78, 5) is 6.75. The van der Waals surface area contributed by atoms with Crippen molar-refractivity contribution < 1.29 is 0 Å². The van der Waals surface area contributed by atoms with Crippen molar-refractivity contribution in [3.8, 4) is 0 Å². The summed E-state index contributed by atoms with van der Waals surface area (Å²) >= 11 is 5.93. The van der Waals surface area contributed by atoms with E-state index in [1.165, 1.54) is 0 Å². The first-order valence-electron chi connectivity index (χ1n) is 5.31. The first kappa shape index (κ1) is 10.9. The molecule has 0 spiro atoms. The van der Waals surface area contributed by atoms with Gasteiger partial charge in [-0.25, -0.2) is 0 Å². The SMILES string of the molecule is CC1CNCCN1Cc1cc(Cl)ccn1. The van der Waals surface area contributed by atoms with Gasteiger partial charge in [0.05, 0.1) is 5.69 Å². The Balaban J connectivity index is 2.01. The van der Waals surface area contributed by atoms with Crippen molar-refractivity contribution in [2.24, 2.45) is 0 Å². The summed E-state index contributed by atoms with van der Waals surface area (Å²) in [6, 6.07) is 4.32. The van der Waals surface area contributed by atoms with Crippen LogP contribution in [-0.2, 0) is 6.54 Å². The fraction of sp³-hybridized carbons (Fsp3) is 0.545. The molecule has 2 rings (SSSR count). The van der Waals surface area contributed by atoms with Gasteiger partial charge in [-0.3, -0.25) is 9.88 Å². The zero-order chi connectivity index (χ0) is 10.7. The van der Waals surface area contributed by atoms with Crippen LogP contribution in [0.3, 0.4) is 0 Å². The Morgan fingerprint density at radius 3 is 3.27 bits per heavy atom. The fourth-order valence-electron chi connectivity index (χ4n) is 1.86. The third kappa shape index (κ3) is 2.91. The standard InChI is InChI=1S/C11H16ClN3/c1-9-7-13-4-5-15(9)8-11-6-10(12)2-3-14-11/h2-3,6,9,13H,4-5,7-8H2,1H3. The molecule has 3 nitrogen and oxygen atoms in total. The topological polar surface area (TPSA) is 28.2 Å². The minimum atomic E-state index is 0.569. The van der Waals surface area contributed by atoms with Crippen molar-refractivity contribution >= 4 is 11.6 Å². The van der Waals surface area contributed by atoms with E-state index in [4.69, 9.17) is 11.6 Å². The monoisotopic (exact) mass is 225 g/mol. The largest absolute Gasteiger partial charge is 0.314 e. The summed E-state index contributed by atoms with van der Waals surface area (Å²) in [5.74, 6) is 0. The van der Waals surface area contributed by atoms with Crippen LogP contribution in [0.15, 0.2) is 18.3 Å².